The molecule has 0 saturated carbocycles. The number of nitrogens with two attached hydrogens (primary N) is 1. The van der Waals surface area contributed by atoms with E-state index in [-0.39, 0.29) is 5.54 Å². The Balaban J connectivity index is 1.83. The number of nitrogens with zero attached hydrogens (tertiary/aromatic N) is 2. The fraction of sp³-hybridized carbons (Fsp3) is 0.263. The predicted molar refractivity (Wildman–Crippen MR) is 93.8 cm³/mol. The quantitative estimate of drug-likeness (QED) is 0.897. The molecule has 1 aromatic heterocycles. The van der Waals surface area contributed by atoms with Crippen LogP contribution >= 0.6 is 0 Å². The molecule has 122 valence electrons. The van der Waals surface area contributed by atoms with E-state index in [9.17, 15) is 0 Å². The van der Waals surface area contributed by atoms with Crippen LogP contribution in [0.25, 0.3) is 0 Å². The molecule has 0 fully saturated rings. The predicted octanol–water partition coefficient (Wildman–Crippen LogP) is 3.72. The van der Waals surface area contributed by atoms with E-state index in [0.29, 0.717) is 17.2 Å². The first-order valence-corrected chi connectivity index (χ1v) is 7.84. The minimum atomic E-state index is -0.235. The number of aromatic nitrogens is 1. The summed E-state index contributed by atoms with van der Waals surface area (Å²) in [6.45, 7) is 4.05. The third-order valence-electron chi connectivity index (χ3n) is 3.71. The number of benzene rings is 1. The number of pyridine rings is 1. The van der Waals surface area contributed by atoms with E-state index in [1.54, 1.807) is 18.3 Å². The van der Waals surface area contributed by atoms with E-state index in [4.69, 9.17) is 15.7 Å². The van der Waals surface area contributed by atoms with Crippen LogP contribution in [0.4, 0.5) is 5.69 Å². The Morgan fingerprint density at radius 2 is 2.21 bits per heavy atom. The zero-order valence-electron chi connectivity index (χ0n) is 13.8. The highest BCUT2D eigenvalue weighted by atomic mass is 16.5. The van der Waals surface area contributed by atoms with Crippen LogP contribution in [0.15, 0.2) is 48.3 Å². The number of hydrogen-bond acceptors (Lipinski definition) is 5. The molecule has 5 nitrogen and oxygen atoms in total. The molecule has 2 aromatic rings. The monoisotopic (exact) mass is 320 g/mol. The Labute approximate surface area is 141 Å². The number of ether oxygens (including phenoxy) is 1. The lowest BCUT2D eigenvalue weighted by molar-refractivity contribution is 0.464. The van der Waals surface area contributed by atoms with E-state index in [2.05, 4.69) is 22.4 Å². The first-order valence-electron chi connectivity index (χ1n) is 7.84. The van der Waals surface area contributed by atoms with Crippen LogP contribution in [-0.2, 0) is 6.42 Å². The van der Waals surface area contributed by atoms with Gasteiger partial charge in [0.05, 0.1) is 17.3 Å². The van der Waals surface area contributed by atoms with Crippen molar-refractivity contribution in [2.45, 2.75) is 32.2 Å². The summed E-state index contributed by atoms with van der Waals surface area (Å²) in [6, 6.07) is 11.3. The standard InChI is InChI=1S/C19H20N4O/c1-19(2,21)10-14-8-15-4-3-5-16(18(15)23-12-14)24-17-9-13(11-20)6-7-22-17/h3-7,9,12,23H,8,10,21H2,1-2H3. The summed E-state index contributed by atoms with van der Waals surface area (Å²) in [5, 5.41) is 12.3. The number of nitrogens with one attached hydrogen (secondary N) is 1. The van der Waals surface area contributed by atoms with Crippen LogP contribution in [-0.4, -0.2) is 10.5 Å². The minimum Gasteiger partial charge on any atom is -0.437 e. The second kappa shape index (κ2) is 6.34. The SMILES string of the molecule is CC(C)(N)CC1=CNc2c(cccc2Oc2cc(C#N)ccn2)C1. The lowest BCUT2D eigenvalue weighted by Gasteiger charge is -2.25. The number of nitriles is 1. The molecule has 1 aromatic carbocycles. The van der Waals surface area contributed by atoms with Crippen LogP contribution in [0.3, 0.4) is 0 Å². The van der Waals surface area contributed by atoms with Crippen molar-refractivity contribution < 1.29 is 4.74 Å². The fourth-order valence-electron chi connectivity index (χ4n) is 2.79. The molecule has 3 rings (SSSR count). The molecule has 0 amide bonds. The Kier molecular flexibility index (Phi) is 4.24. The maximum absolute atomic E-state index is 8.98. The molecule has 1 aliphatic heterocycles. The Morgan fingerprint density at radius 3 is 2.96 bits per heavy atom. The number of fused-ring (bicyclic) bond motifs is 1. The van der Waals surface area contributed by atoms with E-state index >= 15 is 0 Å². The lowest BCUT2D eigenvalue weighted by atomic mass is 9.90. The van der Waals surface area contributed by atoms with Gasteiger partial charge in [-0.15, -0.1) is 0 Å². The van der Waals surface area contributed by atoms with Crippen LogP contribution in [0.5, 0.6) is 11.6 Å². The van der Waals surface area contributed by atoms with E-state index in [1.165, 1.54) is 5.57 Å². The topological polar surface area (TPSA) is 84.0 Å². The molecule has 0 bridgehead atoms. The van der Waals surface area contributed by atoms with Crippen molar-refractivity contribution in [3.8, 4) is 17.7 Å². The summed E-state index contributed by atoms with van der Waals surface area (Å²) in [5.74, 6) is 1.10. The van der Waals surface area contributed by atoms with Gasteiger partial charge < -0.3 is 15.8 Å². The molecule has 3 N–H and O–H groups in total. The van der Waals surface area contributed by atoms with Gasteiger partial charge in [-0.05, 0) is 50.0 Å². The van der Waals surface area contributed by atoms with E-state index in [1.807, 2.05) is 32.2 Å². The molecule has 1 aliphatic rings. The highest BCUT2D eigenvalue weighted by molar-refractivity contribution is 5.67. The van der Waals surface area contributed by atoms with Gasteiger partial charge >= 0.3 is 0 Å². The maximum Gasteiger partial charge on any atom is 0.220 e. The first kappa shape index (κ1) is 16.0. The van der Waals surface area contributed by atoms with Gasteiger partial charge in [0.1, 0.15) is 0 Å². The summed E-state index contributed by atoms with van der Waals surface area (Å²) in [4.78, 5) is 4.16. The van der Waals surface area contributed by atoms with Crippen molar-refractivity contribution in [2.24, 2.45) is 5.73 Å². The molecule has 0 radical (unpaired) electrons. The second-order valence-electron chi connectivity index (χ2n) is 6.68. The van der Waals surface area contributed by atoms with Crippen LogP contribution in [0.2, 0.25) is 0 Å². The molecule has 2 heterocycles. The minimum absolute atomic E-state index is 0.235. The van der Waals surface area contributed by atoms with Gasteiger partial charge in [0.2, 0.25) is 5.88 Å². The molecule has 0 aliphatic carbocycles. The van der Waals surface area contributed by atoms with Crippen LogP contribution in [0, 0.1) is 11.3 Å². The number of para-hydroxylation sites is 1. The summed E-state index contributed by atoms with van der Waals surface area (Å²) in [7, 11) is 0. The van der Waals surface area contributed by atoms with Gasteiger partial charge in [-0.2, -0.15) is 5.26 Å². The van der Waals surface area contributed by atoms with Crippen molar-refractivity contribution in [1.82, 2.24) is 4.98 Å². The molecule has 0 saturated heterocycles. The van der Waals surface area contributed by atoms with Gasteiger partial charge in [0.15, 0.2) is 5.75 Å². The molecule has 0 atom stereocenters. The summed E-state index contributed by atoms with van der Waals surface area (Å²) in [5.41, 5.74) is 9.75. The van der Waals surface area contributed by atoms with Crippen molar-refractivity contribution in [1.29, 1.82) is 5.26 Å². The average molecular weight is 320 g/mol. The molecular formula is C19H20N4O. The van der Waals surface area contributed by atoms with Crippen molar-refractivity contribution >= 4 is 5.69 Å². The fourth-order valence-corrected chi connectivity index (χ4v) is 2.79. The average Bonchev–Trinajstić information content (AvgIpc) is 2.53. The van der Waals surface area contributed by atoms with E-state index in [0.717, 1.165) is 24.1 Å². The van der Waals surface area contributed by atoms with Gasteiger partial charge in [0.25, 0.3) is 0 Å². The summed E-state index contributed by atoms with van der Waals surface area (Å²) >= 11 is 0. The molecular weight excluding hydrogens is 300 g/mol. The number of hydrogen-bond donors (Lipinski definition) is 2. The molecule has 0 spiro atoms. The zero-order valence-corrected chi connectivity index (χ0v) is 13.8. The van der Waals surface area contributed by atoms with Crippen molar-refractivity contribution in [3.05, 3.63) is 59.4 Å². The first-order chi connectivity index (χ1) is 11.4. The Bertz CT molecular complexity index is 828. The smallest absolute Gasteiger partial charge is 0.220 e. The maximum atomic E-state index is 8.98. The Hall–Kier alpha value is -2.84. The lowest BCUT2D eigenvalue weighted by Crippen LogP contribution is -2.33. The summed E-state index contributed by atoms with van der Waals surface area (Å²) < 4.78 is 5.88. The van der Waals surface area contributed by atoms with Crippen LogP contribution in [0.1, 0.15) is 31.4 Å². The van der Waals surface area contributed by atoms with Crippen molar-refractivity contribution in [3.63, 3.8) is 0 Å². The second-order valence-corrected chi connectivity index (χ2v) is 6.68. The van der Waals surface area contributed by atoms with E-state index < -0.39 is 0 Å². The van der Waals surface area contributed by atoms with Gasteiger partial charge in [-0.25, -0.2) is 4.98 Å². The third kappa shape index (κ3) is 3.73. The molecule has 24 heavy (non-hydrogen) atoms. The Morgan fingerprint density at radius 1 is 1.38 bits per heavy atom. The normalized spacial score (nSPS) is 13.3. The largest absolute Gasteiger partial charge is 0.437 e. The molecule has 5 heteroatoms. The van der Waals surface area contributed by atoms with Crippen LogP contribution < -0.4 is 15.8 Å². The number of anilines is 1. The highest BCUT2D eigenvalue weighted by Gasteiger charge is 2.20. The third-order valence-corrected chi connectivity index (χ3v) is 3.71. The van der Waals surface area contributed by atoms with Gasteiger partial charge in [-0.3, -0.25) is 0 Å². The zero-order chi connectivity index (χ0) is 17.2. The highest BCUT2D eigenvalue weighted by Crippen LogP contribution is 2.36. The number of rotatable bonds is 4. The van der Waals surface area contributed by atoms with Crippen molar-refractivity contribution in [2.75, 3.05) is 5.32 Å². The van der Waals surface area contributed by atoms with Gasteiger partial charge in [-0.1, -0.05) is 12.1 Å². The van der Waals surface area contributed by atoms with Gasteiger partial charge in [0, 0.05) is 24.0 Å². The molecule has 0 unspecified atom stereocenters. The summed E-state index contributed by atoms with van der Waals surface area (Å²) in [6.07, 6.45) is 5.24.